The fourth-order valence-corrected chi connectivity index (χ4v) is 0.800. The van der Waals surface area contributed by atoms with Crippen LogP contribution >= 0.6 is 12.6 Å². The lowest BCUT2D eigenvalue weighted by Gasteiger charge is -2.10. The molecule has 4 nitrogen and oxygen atoms in total. The summed E-state index contributed by atoms with van der Waals surface area (Å²) in [6.07, 6.45) is 1.11. The highest BCUT2D eigenvalue weighted by atomic mass is 32.1. The molecule has 1 N–H and O–H groups in total. The fraction of sp³-hybridized carbons (Fsp3) is 0.667. The monoisotopic (exact) mass is 220 g/mol. The van der Waals surface area contributed by atoms with Crippen molar-refractivity contribution in [2.75, 3.05) is 25.6 Å². The smallest absolute Gasteiger partial charge is 0.330 e. The van der Waals surface area contributed by atoms with Crippen molar-refractivity contribution in [2.45, 2.75) is 12.5 Å². The van der Waals surface area contributed by atoms with Crippen molar-refractivity contribution in [3.63, 3.8) is 0 Å². The molecule has 14 heavy (non-hydrogen) atoms. The van der Waals surface area contributed by atoms with Gasteiger partial charge in [-0.15, -0.1) is 0 Å². The van der Waals surface area contributed by atoms with Crippen LogP contribution in [0.15, 0.2) is 12.7 Å². The van der Waals surface area contributed by atoms with E-state index in [0.717, 1.165) is 18.2 Å². The Morgan fingerprint density at radius 2 is 2.29 bits per heavy atom. The van der Waals surface area contributed by atoms with E-state index in [1.54, 1.807) is 0 Å². The van der Waals surface area contributed by atoms with Crippen LogP contribution in [-0.4, -0.2) is 42.8 Å². The lowest BCUT2D eigenvalue weighted by molar-refractivity contribution is -0.141. The minimum absolute atomic E-state index is 0.0638. The van der Waals surface area contributed by atoms with Crippen LogP contribution in [0.1, 0.15) is 6.42 Å². The molecule has 0 saturated heterocycles. The van der Waals surface area contributed by atoms with Crippen molar-refractivity contribution in [1.29, 1.82) is 0 Å². The number of thiol groups is 1. The Labute approximate surface area is 89.3 Å². The van der Waals surface area contributed by atoms with Gasteiger partial charge < -0.3 is 14.6 Å². The Morgan fingerprint density at radius 3 is 2.86 bits per heavy atom. The maximum atomic E-state index is 10.6. The van der Waals surface area contributed by atoms with Gasteiger partial charge in [-0.3, -0.25) is 0 Å². The summed E-state index contributed by atoms with van der Waals surface area (Å²) in [5.41, 5.74) is 0. The first-order valence-corrected chi connectivity index (χ1v) is 4.99. The minimum atomic E-state index is -0.779. The summed E-state index contributed by atoms with van der Waals surface area (Å²) in [4.78, 5) is 10.6. The molecule has 0 radical (unpaired) electrons. The second kappa shape index (κ2) is 9.05. The number of rotatable bonds is 8. The molecule has 1 atom stereocenters. The van der Waals surface area contributed by atoms with E-state index in [-0.39, 0.29) is 13.2 Å². The zero-order valence-corrected chi connectivity index (χ0v) is 8.91. The Bertz CT molecular complexity index is 172. The zero-order valence-electron chi connectivity index (χ0n) is 8.02. The number of aliphatic hydroxyl groups excluding tert-OH is 1. The van der Waals surface area contributed by atoms with Gasteiger partial charge in [-0.2, -0.15) is 12.6 Å². The number of hydrogen-bond donors (Lipinski definition) is 2. The quantitative estimate of drug-likeness (QED) is 0.269. The van der Waals surface area contributed by atoms with Crippen molar-refractivity contribution in [3.8, 4) is 0 Å². The van der Waals surface area contributed by atoms with E-state index in [0.29, 0.717) is 6.61 Å². The number of ether oxygens (including phenoxy) is 2. The molecule has 0 bridgehead atoms. The molecule has 0 aromatic rings. The molecule has 0 amide bonds. The second-order valence-corrected chi connectivity index (χ2v) is 3.09. The van der Waals surface area contributed by atoms with Crippen molar-refractivity contribution in [1.82, 2.24) is 0 Å². The third-order valence-corrected chi connectivity index (χ3v) is 1.66. The molecule has 0 aromatic carbocycles. The molecule has 0 spiro atoms. The van der Waals surface area contributed by atoms with Gasteiger partial charge in [-0.1, -0.05) is 6.58 Å². The third-order valence-electron chi connectivity index (χ3n) is 1.34. The number of aliphatic hydroxyl groups is 1. The van der Waals surface area contributed by atoms with Gasteiger partial charge in [0.2, 0.25) is 0 Å². The normalized spacial score (nSPS) is 12.1. The van der Waals surface area contributed by atoms with Gasteiger partial charge >= 0.3 is 5.97 Å². The van der Waals surface area contributed by atoms with Crippen LogP contribution in [0.2, 0.25) is 0 Å². The lowest BCUT2D eigenvalue weighted by atomic mass is 10.4. The van der Waals surface area contributed by atoms with E-state index in [1.165, 1.54) is 0 Å². The molecule has 0 aromatic heterocycles. The summed E-state index contributed by atoms with van der Waals surface area (Å²) >= 11 is 4.00. The van der Waals surface area contributed by atoms with Crippen molar-refractivity contribution in [3.05, 3.63) is 12.7 Å². The van der Waals surface area contributed by atoms with Gasteiger partial charge in [-0.05, 0) is 12.2 Å². The molecule has 0 saturated carbocycles. The van der Waals surface area contributed by atoms with Crippen molar-refractivity contribution in [2.24, 2.45) is 0 Å². The maximum Gasteiger partial charge on any atom is 0.330 e. The van der Waals surface area contributed by atoms with E-state index in [9.17, 15) is 9.90 Å². The molecule has 0 rings (SSSR count). The first-order valence-electron chi connectivity index (χ1n) is 4.36. The molecular formula is C9H16O4S. The predicted molar refractivity (Wildman–Crippen MR) is 56.5 cm³/mol. The molecule has 0 aliphatic heterocycles. The summed E-state index contributed by atoms with van der Waals surface area (Å²) in [6, 6.07) is 0. The summed E-state index contributed by atoms with van der Waals surface area (Å²) < 4.78 is 9.69. The summed E-state index contributed by atoms with van der Waals surface area (Å²) in [6.45, 7) is 3.88. The summed E-state index contributed by atoms with van der Waals surface area (Å²) in [5.74, 6) is 0.209. The Hall–Kier alpha value is -0.520. The topological polar surface area (TPSA) is 55.8 Å². The average Bonchev–Trinajstić information content (AvgIpc) is 2.21. The maximum absolute atomic E-state index is 10.6. The third kappa shape index (κ3) is 8.10. The van der Waals surface area contributed by atoms with Gasteiger partial charge in [0.1, 0.15) is 12.7 Å². The SMILES string of the molecule is C=CC(=O)OCC(O)COCCCS. The Morgan fingerprint density at radius 1 is 1.57 bits per heavy atom. The number of esters is 1. The molecule has 0 aliphatic carbocycles. The standard InChI is InChI=1S/C9H16O4S/c1-2-9(11)13-7-8(10)6-12-4-3-5-14/h2,8,10,14H,1,3-7H2. The number of carbonyl (C=O) groups is 1. The highest BCUT2D eigenvalue weighted by molar-refractivity contribution is 7.80. The van der Waals surface area contributed by atoms with Crippen LogP contribution in [-0.2, 0) is 14.3 Å². The summed E-state index contributed by atoms with van der Waals surface area (Å²) in [7, 11) is 0. The van der Waals surface area contributed by atoms with E-state index in [4.69, 9.17) is 4.74 Å². The van der Waals surface area contributed by atoms with Crippen LogP contribution in [0, 0.1) is 0 Å². The van der Waals surface area contributed by atoms with Crippen molar-refractivity contribution < 1.29 is 19.4 Å². The van der Waals surface area contributed by atoms with Crippen LogP contribution in [0.4, 0.5) is 0 Å². The van der Waals surface area contributed by atoms with E-state index in [2.05, 4.69) is 23.9 Å². The highest BCUT2D eigenvalue weighted by Crippen LogP contribution is 1.91. The molecule has 0 heterocycles. The molecule has 5 heteroatoms. The Balaban J connectivity index is 3.31. The molecule has 1 unspecified atom stereocenters. The molecule has 0 aliphatic rings. The molecule has 82 valence electrons. The van der Waals surface area contributed by atoms with Crippen LogP contribution < -0.4 is 0 Å². The van der Waals surface area contributed by atoms with E-state index in [1.807, 2.05) is 0 Å². The van der Waals surface area contributed by atoms with Gasteiger partial charge in [-0.25, -0.2) is 4.79 Å². The number of carbonyl (C=O) groups excluding carboxylic acids is 1. The van der Waals surface area contributed by atoms with E-state index >= 15 is 0 Å². The van der Waals surface area contributed by atoms with Crippen molar-refractivity contribution >= 4 is 18.6 Å². The molecular weight excluding hydrogens is 204 g/mol. The lowest BCUT2D eigenvalue weighted by Crippen LogP contribution is -2.23. The van der Waals surface area contributed by atoms with E-state index < -0.39 is 12.1 Å². The zero-order chi connectivity index (χ0) is 10.8. The fourth-order valence-electron chi connectivity index (χ4n) is 0.671. The van der Waals surface area contributed by atoms with Crippen LogP contribution in [0.5, 0.6) is 0 Å². The van der Waals surface area contributed by atoms with Crippen LogP contribution in [0.25, 0.3) is 0 Å². The predicted octanol–water partition coefficient (Wildman–Crippen LogP) is 0.413. The summed E-state index contributed by atoms with van der Waals surface area (Å²) in [5, 5.41) is 9.24. The minimum Gasteiger partial charge on any atom is -0.460 e. The highest BCUT2D eigenvalue weighted by Gasteiger charge is 2.06. The average molecular weight is 220 g/mol. The van der Waals surface area contributed by atoms with Gasteiger partial charge in [0, 0.05) is 12.7 Å². The van der Waals surface area contributed by atoms with Gasteiger partial charge in [0.15, 0.2) is 0 Å². The largest absolute Gasteiger partial charge is 0.460 e. The number of hydrogen-bond acceptors (Lipinski definition) is 5. The molecule has 0 fully saturated rings. The van der Waals surface area contributed by atoms with Gasteiger partial charge in [0.05, 0.1) is 6.61 Å². The second-order valence-electron chi connectivity index (χ2n) is 2.64. The first-order chi connectivity index (χ1) is 6.70. The Kier molecular flexibility index (Phi) is 8.72. The van der Waals surface area contributed by atoms with Gasteiger partial charge in [0.25, 0.3) is 0 Å². The van der Waals surface area contributed by atoms with Crippen LogP contribution in [0.3, 0.4) is 0 Å². The first kappa shape index (κ1) is 13.5.